The zero-order valence-corrected chi connectivity index (χ0v) is 11.9. The highest BCUT2D eigenvalue weighted by Gasteiger charge is 2.29. The van der Waals surface area contributed by atoms with Crippen LogP contribution in [-0.2, 0) is 4.79 Å². The molecule has 2 unspecified atom stereocenters. The van der Waals surface area contributed by atoms with Crippen molar-refractivity contribution < 1.29 is 9.90 Å². The molecule has 1 aromatic heterocycles. The summed E-state index contributed by atoms with van der Waals surface area (Å²) in [5.74, 6) is -0.696. The molecule has 0 radical (unpaired) electrons. The fourth-order valence-electron chi connectivity index (χ4n) is 2.52. The second-order valence-electron chi connectivity index (χ2n) is 5.42. The Morgan fingerprint density at radius 2 is 2.33 bits per heavy atom. The van der Waals surface area contributed by atoms with Gasteiger partial charge in [-0.05, 0) is 25.9 Å². The molecule has 1 aliphatic rings. The maximum absolute atomic E-state index is 11.3. The summed E-state index contributed by atoms with van der Waals surface area (Å²) >= 11 is 1.61. The third-order valence-corrected chi connectivity index (χ3v) is 4.56. The molecule has 1 aliphatic heterocycles. The van der Waals surface area contributed by atoms with Crippen molar-refractivity contribution in [1.82, 2.24) is 9.88 Å². The molecule has 2 rings (SSSR count). The Morgan fingerprint density at radius 3 is 2.83 bits per heavy atom. The van der Waals surface area contributed by atoms with Gasteiger partial charge >= 0.3 is 5.97 Å². The fourth-order valence-corrected chi connectivity index (χ4v) is 3.50. The highest BCUT2D eigenvalue weighted by molar-refractivity contribution is 7.09. The SMILES string of the molecule is CC(C)C(C(=O)O)c1csc(C2CCN(C)C2)n1. The Labute approximate surface area is 112 Å². The number of aliphatic carboxylic acids is 1. The number of thiazole rings is 1. The molecule has 18 heavy (non-hydrogen) atoms. The van der Waals surface area contributed by atoms with Gasteiger partial charge in [-0.15, -0.1) is 11.3 Å². The topological polar surface area (TPSA) is 53.4 Å². The van der Waals surface area contributed by atoms with Crippen LogP contribution in [0.15, 0.2) is 5.38 Å². The van der Waals surface area contributed by atoms with Crippen LogP contribution in [0.1, 0.15) is 42.8 Å². The third-order valence-electron chi connectivity index (χ3n) is 3.53. The van der Waals surface area contributed by atoms with Crippen molar-refractivity contribution in [3.63, 3.8) is 0 Å². The van der Waals surface area contributed by atoms with Crippen LogP contribution in [-0.4, -0.2) is 41.1 Å². The second kappa shape index (κ2) is 5.36. The molecule has 100 valence electrons. The van der Waals surface area contributed by atoms with Gasteiger partial charge in [0, 0.05) is 17.8 Å². The van der Waals surface area contributed by atoms with E-state index in [0.717, 1.165) is 30.2 Å². The zero-order valence-electron chi connectivity index (χ0n) is 11.1. The van der Waals surface area contributed by atoms with Crippen LogP contribution < -0.4 is 0 Å². The predicted molar refractivity (Wildman–Crippen MR) is 72.2 cm³/mol. The number of carboxylic acid groups (broad SMARTS) is 1. The van der Waals surface area contributed by atoms with Crippen LogP contribution in [0.3, 0.4) is 0 Å². The number of hydrogen-bond acceptors (Lipinski definition) is 4. The average molecular weight is 268 g/mol. The molecule has 1 fully saturated rings. The van der Waals surface area contributed by atoms with Crippen molar-refractivity contribution in [3.8, 4) is 0 Å². The molecule has 2 atom stereocenters. The number of hydrogen-bond donors (Lipinski definition) is 1. The first-order chi connectivity index (χ1) is 8.49. The van der Waals surface area contributed by atoms with Crippen molar-refractivity contribution in [2.45, 2.75) is 32.1 Å². The maximum atomic E-state index is 11.3. The minimum atomic E-state index is -0.773. The van der Waals surface area contributed by atoms with E-state index in [1.54, 1.807) is 11.3 Å². The van der Waals surface area contributed by atoms with E-state index in [2.05, 4.69) is 16.9 Å². The van der Waals surface area contributed by atoms with Gasteiger partial charge in [-0.25, -0.2) is 4.98 Å². The van der Waals surface area contributed by atoms with Crippen molar-refractivity contribution in [1.29, 1.82) is 0 Å². The summed E-state index contributed by atoms with van der Waals surface area (Å²) in [4.78, 5) is 18.2. The molecule has 1 aromatic rings. The molecular formula is C13H20N2O2S. The van der Waals surface area contributed by atoms with Crippen molar-refractivity contribution >= 4 is 17.3 Å². The Bertz CT molecular complexity index is 430. The summed E-state index contributed by atoms with van der Waals surface area (Å²) in [6, 6.07) is 0. The molecular weight excluding hydrogens is 248 g/mol. The number of likely N-dealkylation sites (N-methyl/N-ethyl adjacent to an activating group) is 1. The standard InChI is InChI=1S/C13H20N2O2S/c1-8(2)11(13(16)17)10-7-18-12(14-10)9-4-5-15(3)6-9/h7-9,11H,4-6H2,1-3H3,(H,16,17). The van der Waals surface area contributed by atoms with E-state index in [1.165, 1.54) is 0 Å². The Hall–Kier alpha value is -0.940. The molecule has 4 nitrogen and oxygen atoms in total. The monoisotopic (exact) mass is 268 g/mol. The fraction of sp³-hybridized carbons (Fsp3) is 0.692. The number of nitrogens with zero attached hydrogens (tertiary/aromatic N) is 2. The molecule has 1 N–H and O–H groups in total. The first-order valence-corrected chi connectivity index (χ1v) is 7.23. The summed E-state index contributed by atoms with van der Waals surface area (Å²) in [6.07, 6.45) is 1.13. The summed E-state index contributed by atoms with van der Waals surface area (Å²) in [5, 5.41) is 12.3. The first-order valence-electron chi connectivity index (χ1n) is 6.35. The Balaban J connectivity index is 2.16. The van der Waals surface area contributed by atoms with E-state index < -0.39 is 11.9 Å². The minimum Gasteiger partial charge on any atom is -0.481 e. The van der Waals surface area contributed by atoms with Gasteiger partial charge in [-0.2, -0.15) is 0 Å². The summed E-state index contributed by atoms with van der Waals surface area (Å²) in [6.45, 7) is 6.00. The van der Waals surface area contributed by atoms with E-state index in [9.17, 15) is 9.90 Å². The number of rotatable bonds is 4. The lowest BCUT2D eigenvalue weighted by atomic mass is 9.93. The molecule has 0 spiro atoms. The molecule has 0 amide bonds. The minimum absolute atomic E-state index is 0.0729. The van der Waals surface area contributed by atoms with Crippen LogP contribution in [0.4, 0.5) is 0 Å². The van der Waals surface area contributed by atoms with Gasteiger partial charge in [-0.1, -0.05) is 13.8 Å². The second-order valence-corrected chi connectivity index (χ2v) is 6.31. The van der Waals surface area contributed by atoms with E-state index in [-0.39, 0.29) is 5.92 Å². The van der Waals surface area contributed by atoms with E-state index >= 15 is 0 Å². The summed E-state index contributed by atoms with van der Waals surface area (Å²) < 4.78 is 0. The van der Waals surface area contributed by atoms with Crippen LogP contribution >= 0.6 is 11.3 Å². The number of aromatic nitrogens is 1. The van der Waals surface area contributed by atoms with Crippen molar-refractivity contribution in [2.75, 3.05) is 20.1 Å². The van der Waals surface area contributed by atoms with E-state index in [4.69, 9.17) is 0 Å². The maximum Gasteiger partial charge on any atom is 0.312 e. The largest absolute Gasteiger partial charge is 0.481 e. The average Bonchev–Trinajstić information content (AvgIpc) is 2.85. The first kappa shape index (κ1) is 13.5. The highest BCUT2D eigenvalue weighted by Crippen LogP contribution is 2.32. The van der Waals surface area contributed by atoms with Crippen LogP contribution in [0, 0.1) is 5.92 Å². The molecule has 5 heteroatoms. The van der Waals surface area contributed by atoms with Gasteiger partial charge in [0.25, 0.3) is 0 Å². The number of carbonyl (C=O) groups is 1. The van der Waals surface area contributed by atoms with Crippen LogP contribution in [0.2, 0.25) is 0 Å². The lowest BCUT2D eigenvalue weighted by molar-refractivity contribution is -0.139. The van der Waals surface area contributed by atoms with Crippen molar-refractivity contribution in [3.05, 3.63) is 16.1 Å². The third kappa shape index (κ3) is 2.72. The van der Waals surface area contributed by atoms with E-state index in [1.807, 2.05) is 19.2 Å². The zero-order chi connectivity index (χ0) is 13.3. The van der Waals surface area contributed by atoms with Crippen LogP contribution in [0.25, 0.3) is 0 Å². The quantitative estimate of drug-likeness (QED) is 0.911. The van der Waals surface area contributed by atoms with Crippen LogP contribution in [0.5, 0.6) is 0 Å². The van der Waals surface area contributed by atoms with Gasteiger partial charge in [0.05, 0.1) is 10.7 Å². The predicted octanol–water partition coefficient (Wildman–Crippen LogP) is 2.39. The van der Waals surface area contributed by atoms with Gasteiger partial charge < -0.3 is 10.0 Å². The normalized spacial score (nSPS) is 22.6. The number of likely N-dealkylation sites (tertiary alicyclic amines) is 1. The Kier molecular flexibility index (Phi) is 4.02. The molecule has 0 aromatic carbocycles. The Morgan fingerprint density at radius 1 is 1.61 bits per heavy atom. The van der Waals surface area contributed by atoms with Gasteiger partial charge in [-0.3, -0.25) is 4.79 Å². The molecule has 0 bridgehead atoms. The van der Waals surface area contributed by atoms with Crippen molar-refractivity contribution in [2.24, 2.45) is 5.92 Å². The summed E-state index contributed by atoms with van der Waals surface area (Å²) in [7, 11) is 2.11. The van der Waals surface area contributed by atoms with E-state index in [0.29, 0.717) is 5.92 Å². The summed E-state index contributed by atoms with van der Waals surface area (Å²) in [5.41, 5.74) is 0.729. The molecule has 0 saturated carbocycles. The van der Waals surface area contributed by atoms with Gasteiger partial charge in [0.15, 0.2) is 0 Å². The van der Waals surface area contributed by atoms with Gasteiger partial charge in [0.1, 0.15) is 5.92 Å². The lowest BCUT2D eigenvalue weighted by Gasteiger charge is -2.13. The lowest BCUT2D eigenvalue weighted by Crippen LogP contribution is -2.18. The van der Waals surface area contributed by atoms with Gasteiger partial charge in [0.2, 0.25) is 0 Å². The highest BCUT2D eigenvalue weighted by atomic mass is 32.1. The number of carboxylic acids is 1. The smallest absolute Gasteiger partial charge is 0.312 e. The molecule has 2 heterocycles. The molecule has 0 aliphatic carbocycles. The molecule has 1 saturated heterocycles.